The zero-order valence-electron chi connectivity index (χ0n) is 15.1. The predicted molar refractivity (Wildman–Crippen MR) is 98.6 cm³/mol. The molecule has 4 rings (SSSR count). The lowest BCUT2D eigenvalue weighted by atomic mass is 10.1. The highest BCUT2D eigenvalue weighted by Gasteiger charge is 2.45. The van der Waals surface area contributed by atoms with Gasteiger partial charge in [0.05, 0.1) is 18.5 Å². The normalized spacial score (nSPS) is 18.7. The summed E-state index contributed by atoms with van der Waals surface area (Å²) in [6.45, 7) is 5.36. The van der Waals surface area contributed by atoms with Crippen LogP contribution in [0.15, 0.2) is 53.1 Å². The minimum Gasteiger partial charge on any atom is -0.469 e. The van der Waals surface area contributed by atoms with Crippen LogP contribution in [0.25, 0.3) is 0 Å². The first-order chi connectivity index (χ1) is 12.6. The maximum absolute atomic E-state index is 12.3. The number of nitrogens with zero attached hydrogens (tertiary/aromatic N) is 2. The smallest absolute Gasteiger partial charge is 0.224 e. The third-order valence-corrected chi connectivity index (χ3v) is 4.93. The van der Waals surface area contributed by atoms with E-state index in [4.69, 9.17) is 4.42 Å². The number of benzene rings is 1. The van der Waals surface area contributed by atoms with E-state index < -0.39 is 0 Å². The fraction of sp³-hybridized carbons (Fsp3) is 0.333. The molecule has 5 nitrogen and oxygen atoms in total. The molecule has 0 radical (unpaired) electrons. The lowest BCUT2D eigenvalue weighted by Crippen LogP contribution is -2.24. The summed E-state index contributed by atoms with van der Waals surface area (Å²) in [6, 6.07) is 14.2. The largest absolute Gasteiger partial charge is 0.469 e. The Morgan fingerprint density at radius 3 is 2.81 bits per heavy atom. The number of hydrogen-bond donors (Lipinski definition) is 1. The maximum atomic E-state index is 12.3. The van der Waals surface area contributed by atoms with Gasteiger partial charge in [-0.05, 0) is 49.6 Å². The van der Waals surface area contributed by atoms with E-state index in [1.54, 1.807) is 6.26 Å². The molecule has 1 aliphatic carbocycles. The first-order valence-electron chi connectivity index (χ1n) is 9.00. The summed E-state index contributed by atoms with van der Waals surface area (Å²) in [7, 11) is 0. The van der Waals surface area contributed by atoms with E-state index in [0.29, 0.717) is 6.54 Å². The highest BCUT2D eigenvalue weighted by molar-refractivity contribution is 5.82. The number of furan rings is 1. The Morgan fingerprint density at radius 1 is 1.23 bits per heavy atom. The van der Waals surface area contributed by atoms with Crippen LogP contribution in [-0.2, 0) is 17.9 Å². The average Bonchev–Trinajstić information content (AvgIpc) is 3.10. The minimum absolute atomic E-state index is 0.0408. The van der Waals surface area contributed by atoms with Crippen molar-refractivity contribution in [3.05, 3.63) is 77.0 Å². The van der Waals surface area contributed by atoms with Crippen LogP contribution >= 0.6 is 0 Å². The molecule has 0 bridgehead atoms. The number of aryl methyl sites for hydroxylation is 2. The van der Waals surface area contributed by atoms with Crippen molar-refractivity contribution in [3.8, 4) is 0 Å². The number of nitrogens with one attached hydrogen (secondary N) is 1. The zero-order chi connectivity index (χ0) is 18.1. The van der Waals surface area contributed by atoms with Gasteiger partial charge in [-0.1, -0.05) is 24.3 Å². The van der Waals surface area contributed by atoms with Crippen LogP contribution in [0.4, 0.5) is 0 Å². The lowest BCUT2D eigenvalue weighted by Gasteiger charge is -2.09. The van der Waals surface area contributed by atoms with Crippen LogP contribution < -0.4 is 5.32 Å². The summed E-state index contributed by atoms with van der Waals surface area (Å²) in [5.41, 5.74) is 4.47. The lowest BCUT2D eigenvalue weighted by molar-refractivity contribution is -0.122. The van der Waals surface area contributed by atoms with Gasteiger partial charge in [0.2, 0.25) is 5.91 Å². The molecule has 26 heavy (non-hydrogen) atoms. The molecule has 0 unspecified atom stereocenters. The molecule has 1 aromatic carbocycles. The Bertz CT molecular complexity index is 911. The number of amides is 1. The van der Waals surface area contributed by atoms with Gasteiger partial charge in [-0.25, -0.2) is 0 Å². The molecule has 2 heterocycles. The topological polar surface area (TPSA) is 60.1 Å². The van der Waals surface area contributed by atoms with Crippen LogP contribution in [-0.4, -0.2) is 15.7 Å². The molecule has 2 atom stereocenters. The first kappa shape index (κ1) is 16.6. The highest BCUT2D eigenvalue weighted by atomic mass is 16.3. The molecular formula is C21H23N3O2. The molecule has 0 aliphatic heterocycles. The summed E-state index contributed by atoms with van der Waals surface area (Å²) in [5.74, 6) is 1.30. The quantitative estimate of drug-likeness (QED) is 0.740. The number of rotatable bonds is 6. The van der Waals surface area contributed by atoms with Crippen molar-refractivity contribution >= 4 is 5.91 Å². The van der Waals surface area contributed by atoms with Gasteiger partial charge in [0.15, 0.2) is 0 Å². The molecule has 1 aliphatic rings. The summed E-state index contributed by atoms with van der Waals surface area (Å²) >= 11 is 0. The Labute approximate surface area is 153 Å². The van der Waals surface area contributed by atoms with E-state index in [0.717, 1.165) is 35.7 Å². The molecule has 3 aromatic rings. The summed E-state index contributed by atoms with van der Waals surface area (Å²) < 4.78 is 7.40. The first-order valence-corrected chi connectivity index (χ1v) is 9.00. The predicted octanol–water partition coefficient (Wildman–Crippen LogP) is 3.56. The Morgan fingerprint density at radius 2 is 2.08 bits per heavy atom. The van der Waals surface area contributed by atoms with Crippen molar-refractivity contribution in [1.29, 1.82) is 0 Å². The number of hydrogen-bond acceptors (Lipinski definition) is 3. The van der Waals surface area contributed by atoms with Gasteiger partial charge in [-0.3, -0.25) is 9.48 Å². The second-order valence-electron chi connectivity index (χ2n) is 7.09. The Kier molecular flexibility index (Phi) is 4.37. The molecule has 1 amide bonds. The molecule has 0 saturated heterocycles. The summed E-state index contributed by atoms with van der Waals surface area (Å²) in [4.78, 5) is 12.3. The molecule has 5 heteroatoms. The van der Waals surface area contributed by atoms with Gasteiger partial charge in [0.1, 0.15) is 5.76 Å². The second kappa shape index (κ2) is 6.83. The van der Waals surface area contributed by atoms with Gasteiger partial charge < -0.3 is 9.73 Å². The molecule has 134 valence electrons. The fourth-order valence-electron chi connectivity index (χ4n) is 3.47. The summed E-state index contributed by atoms with van der Waals surface area (Å²) in [5, 5.41) is 7.57. The third kappa shape index (κ3) is 3.57. The van der Waals surface area contributed by atoms with E-state index in [1.165, 1.54) is 5.56 Å². The maximum Gasteiger partial charge on any atom is 0.224 e. The molecule has 1 N–H and O–H groups in total. The monoisotopic (exact) mass is 349 g/mol. The van der Waals surface area contributed by atoms with Gasteiger partial charge in [-0.2, -0.15) is 5.10 Å². The van der Waals surface area contributed by atoms with E-state index in [1.807, 2.05) is 35.9 Å². The van der Waals surface area contributed by atoms with E-state index in [-0.39, 0.29) is 17.7 Å². The van der Waals surface area contributed by atoms with Gasteiger partial charge in [0, 0.05) is 24.1 Å². The van der Waals surface area contributed by atoms with Crippen molar-refractivity contribution in [1.82, 2.24) is 15.1 Å². The second-order valence-corrected chi connectivity index (χ2v) is 7.09. The van der Waals surface area contributed by atoms with Crippen LogP contribution in [0.1, 0.15) is 40.6 Å². The highest BCUT2D eigenvalue weighted by Crippen LogP contribution is 2.47. The number of carbonyl (C=O) groups excluding carboxylic acids is 1. The van der Waals surface area contributed by atoms with Crippen molar-refractivity contribution in [2.75, 3.05) is 0 Å². The third-order valence-electron chi connectivity index (χ3n) is 4.93. The van der Waals surface area contributed by atoms with Crippen LogP contribution in [0, 0.1) is 19.8 Å². The Balaban J connectivity index is 1.34. The van der Waals surface area contributed by atoms with E-state index in [2.05, 4.69) is 35.5 Å². The Hall–Kier alpha value is -2.82. The standard InChI is InChI=1S/C21H23N3O2/c1-14-9-15(2)24(23-14)13-17-6-3-5-16(10-17)12-22-21(25)19-11-18(19)20-7-4-8-26-20/h3-10,18-19H,11-13H2,1-2H3,(H,22,25)/t18-,19-/m0/s1. The zero-order valence-corrected chi connectivity index (χ0v) is 15.1. The van der Waals surface area contributed by atoms with Gasteiger partial charge in [0.25, 0.3) is 0 Å². The number of carbonyl (C=O) groups is 1. The van der Waals surface area contributed by atoms with E-state index >= 15 is 0 Å². The minimum atomic E-state index is 0.0408. The van der Waals surface area contributed by atoms with E-state index in [9.17, 15) is 4.79 Å². The molecular weight excluding hydrogens is 326 g/mol. The molecule has 0 spiro atoms. The van der Waals surface area contributed by atoms with Crippen molar-refractivity contribution in [2.45, 2.75) is 39.3 Å². The SMILES string of the molecule is Cc1cc(C)n(Cc2cccc(CNC(=O)[C@H]3C[C@@H]3c3ccco3)c2)n1. The molecule has 1 fully saturated rings. The molecule has 2 aromatic heterocycles. The van der Waals surface area contributed by atoms with Crippen molar-refractivity contribution < 1.29 is 9.21 Å². The fourth-order valence-corrected chi connectivity index (χ4v) is 3.47. The summed E-state index contributed by atoms with van der Waals surface area (Å²) in [6.07, 6.45) is 2.54. The van der Waals surface area contributed by atoms with Crippen LogP contribution in [0.3, 0.4) is 0 Å². The van der Waals surface area contributed by atoms with Crippen LogP contribution in [0.2, 0.25) is 0 Å². The van der Waals surface area contributed by atoms with Gasteiger partial charge in [-0.15, -0.1) is 0 Å². The van der Waals surface area contributed by atoms with Crippen molar-refractivity contribution in [2.24, 2.45) is 5.92 Å². The number of aromatic nitrogens is 2. The van der Waals surface area contributed by atoms with Gasteiger partial charge >= 0.3 is 0 Å². The van der Waals surface area contributed by atoms with Crippen LogP contribution in [0.5, 0.6) is 0 Å². The van der Waals surface area contributed by atoms with Crippen molar-refractivity contribution in [3.63, 3.8) is 0 Å². The molecule has 1 saturated carbocycles. The average molecular weight is 349 g/mol.